The van der Waals surface area contributed by atoms with Gasteiger partial charge < -0.3 is 51.6 Å². The van der Waals surface area contributed by atoms with Crippen LogP contribution in [0.4, 0.5) is 5.69 Å². The summed E-state index contributed by atoms with van der Waals surface area (Å²) in [5.74, 6) is -14.0. The third-order valence-corrected chi connectivity index (χ3v) is 20.0. The molecule has 0 aliphatic carbocycles. The molecular formula is C58H77N12O17PS. The summed E-state index contributed by atoms with van der Waals surface area (Å²) in [5.41, 5.74) is 1.03. The van der Waals surface area contributed by atoms with Gasteiger partial charge in [-0.05, 0) is 48.4 Å². The molecule has 0 spiro atoms. The zero-order chi connectivity index (χ0) is 64.9. The highest BCUT2D eigenvalue weighted by Crippen LogP contribution is 2.38. The van der Waals surface area contributed by atoms with Crippen molar-refractivity contribution < 1.29 is 81.5 Å². The molecule has 0 radical (unpaired) electrons. The van der Waals surface area contributed by atoms with Crippen LogP contribution >= 0.6 is 19.2 Å². The molecule has 7 rings (SSSR count). The number of hydrogen-bond acceptors (Lipinski definition) is 18. The molecule has 89 heavy (non-hydrogen) atoms. The first-order chi connectivity index (χ1) is 42.3. The smallest absolute Gasteiger partial charge is 0.306 e. The van der Waals surface area contributed by atoms with E-state index in [4.69, 9.17) is 4.74 Å². The van der Waals surface area contributed by atoms with E-state index in [2.05, 4.69) is 47.1 Å². The van der Waals surface area contributed by atoms with Crippen molar-refractivity contribution in [3.63, 3.8) is 0 Å². The number of aromatic nitrogens is 1. The first kappa shape index (κ1) is 68.6. The van der Waals surface area contributed by atoms with Crippen LogP contribution in [0, 0.1) is 23.7 Å². The van der Waals surface area contributed by atoms with Crippen LogP contribution in [-0.4, -0.2) is 202 Å². The van der Waals surface area contributed by atoms with Crippen molar-refractivity contribution in [1.29, 1.82) is 0 Å². The summed E-state index contributed by atoms with van der Waals surface area (Å²) < 4.78 is 19.3. The van der Waals surface area contributed by atoms with Gasteiger partial charge in [-0.3, -0.25) is 91.7 Å². The number of imide groups is 2. The number of fused-ring (bicyclic) bond motifs is 5. The third-order valence-electron chi connectivity index (χ3n) is 16.4. The van der Waals surface area contributed by atoms with Crippen LogP contribution < -0.4 is 42.1 Å². The van der Waals surface area contributed by atoms with Gasteiger partial charge in [-0.1, -0.05) is 40.5 Å². The zero-order valence-corrected chi connectivity index (χ0v) is 51.9. The number of rotatable bonds is 19. The van der Waals surface area contributed by atoms with Gasteiger partial charge in [0, 0.05) is 117 Å². The van der Waals surface area contributed by atoms with Gasteiger partial charge in [0.25, 0.3) is 23.6 Å². The molecule has 6 heterocycles. The second-order valence-corrected chi connectivity index (χ2v) is 26.3. The number of hydrogen-bond donors (Lipinski definition) is 10. The summed E-state index contributed by atoms with van der Waals surface area (Å²) in [5, 5.41) is 33.4. The number of anilines is 1. The monoisotopic (exact) mass is 1280 g/mol. The van der Waals surface area contributed by atoms with Crippen molar-refractivity contribution in [1.82, 2.24) is 56.4 Å². The number of benzene rings is 1. The fourth-order valence-electron chi connectivity index (χ4n) is 11.0. The Morgan fingerprint density at radius 2 is 1.37 bits per heavy atom. The summed E-state index contributed by atoms with van der Waals surface area (Å²) in [6, 6.07) is -0.565. The van der Waals surface area contributed by atoms with Gasteiger partial charge in [0.15, 0.2) is 11.6 Å². The molecule has 2 bridgehead atoms. The fraction of sp³-hybridized carbons (Fsp3) is 0.552. The van der Waals surface area contributed by atoms with E-state index in [9.17, 15) is 76.8 Å². The Morgan fingerprint density at radius 3 is 2.02 bits per heavy atom. The van der Waals surface area contributed by atoms with E-state index in [0.717, 1.165) is 57.9 Å². The molecule has 482 valence electrons. The van der Waals surface area contributed by atoms with Crippen molar-refractivity contribution in [2.45, 2.75) is 121 Å². The number of aromatic amines is 1. The van der Waals surface area contributed by atoms with Gasteiger partial charge in [-0.25, -0.2) is 0 Å². The average molecular weight is 1280 g/mol. The number of amides is 11. The van der Waals surface area contributed by atoms with Gasteiger partial charge in [0.2, 0.25) is 48.8 Å². The van der Waals surface area contributed by atoms with Gasteiger partial charge >= 0.3 is 5.97 Å². The number of methoxy groups -OCH3 is 1. The summed E-state index contributed by atoms with van der Waals surface area (Å²) in [7, 11) is -2.57. The van der Waals surface area contributed by atoms with Gasteiger partial charge in [-0.2, -0.15) is 0 Å². The standard InChI is InChI=1S/C58H77N12O17PS/c1-6-31(3)52-43(73)22-33-21-38-37-25-35(63-44(74)15-16-61-88(86,20-8-18-68-47(77)11-12-48(68)78)62-17-19-69-49(79)13-14-50(69)80)9-10-39(37)65-57(38)89-30-40(64-45(75)27-60-56(84)53(32(4)7-2)66-46(76)28-59-54(33)82)42(72)23-34(24-51(81)87-5)58(85)70-29-36(71)26-41(70)55(83)67-52/h9-14,25,31-34,36,40-41,52-53,65,71H,6-8,15-24,26-30H2,1-5H3,(H,59,82)(H,60,84)(H,63,74)(H,64,75)(H,66,76)(H,67,83)(H2,61,62,86)/t31-,32-,33+,34-,36-,40-,41-,52-,53-,88?/m0/s1. The number of carbonyl (C=O) groups is 14. The molecule has 5 aliphatic heterocycles. The first-order valence-electron chi connectivity index (χ1n) is 29.6. The normalized spacial score (nSPS) is 25.0. The van der Waals surface area contributed by atoms with Gasteiger partial charge in [-0.15, -0.1) is 11.8 Å². The molecule has 1 unspecified atom stereocenters. The van der Waals surface area contributed by atoms with E-state index in [1.165, 1.54) is 0 Å². The van der Waals surface area contributed by atoms with Crippen LogP contribution in [0.3, 0.4) is 0 Å². The average Bonchev–Trinajstić information content (AvgIpc) is 2.52. The lowest BCUT2D eigenvalue weighted by molar-refractivity contribution is -0.149. The minimum atomic E-state index is -3.65. The molecule has 0 saturated carbocycles. The number of carbonyl (C=O) groups excluding carboxylic acids is 14. The van der Waals surface area contributed by atoms with Crippen molar-refractivity contribution in [3.05, 3.63) is 48.1 Å². The number of esters is 1. The molecule has 31 heteroatoms. The minimum Gasteiger partial charge on any atom is -0.469 e. The molecule has 1 aromatic carbocycles. The molecule has 10 N–H and O–H groups in total. The van der Waals surface area contributed by atoms with E-state index >= 15 is 0 Å². The Hall–Kier alpha value is -7.92. The summed E-state index contributed by atoms with van der Waals surface area (Å²) in [6.07, 6.45) is 1.23. The molecule has 10 atom stereocenters. The van der Waals surface area contributed by atoms with E-state index < -0.39 is 176 Å². The van der Waals surface area contributed by atoms with E-state index in [1.807, 2.05) is 0 Å². The zero-order valence-electron chi connectivity index (χ0n) is 50.1. The van der Waals surface area contributed by atoms with E-state index in [1.54, 1.807) is 45.9 Å². The molecule has 2 aromatic rings. The van der Waals surface area contributed by atoms with Crippen molar-refractivity contribution in [2.75, 3.05) is 70.2 Å². The first-order valence-corrected chi connectivity index (χ1v) is 32.5. The van der Waals surface area contributed by atoms with E-state index in [-0.39, 0.29) is 76.0 Å². The maximum atomic E-state index is 14.9. The lowest BCUT2D eigenvalue weighted by atomic mass is 9.86. The maximum absolute atomic E-state index is 14.9. The molecular weight excluding hydrogens is 1200 g/mol. The number of Topliss-reactive ketones (excluding diaryl/α,β-unsaturated/α-hetero) is 2. The molecule has 5 aliphatic rings. The summed E-state index contributed by atoms with van der Waals surface area (Å²) in [6.45, 7) is 4.75. The predicted octanol–water partition coefficient (Wildman–Crippen LogP) is -0.775. The Morgan fingerprint density at radius 1 is 0.753 bits per heavy atom. The highest BCUT2D eigenvalue weighted by Gasteiger charge is 2.45. The molecule has 11 amide bonds. The number of nitrogens with zero attached hydrogens (tertiary/aromatic N) is 3. The van der Waals surface area contributed by atoms with Crippen LogP contribution in [0.25, 0.3) is 10.9 Å². The number of aliphatic hydroxyl groups excluding tert-OH is 1. The largest absolute Gasteiger partial charge is 0.469 e. The highest BCUT2D eigenvalue weighted by molar-refractivity contribution is 7.99. The Bertz CT molecular complexity index is 3170. The number of ether oxygens (including phenoxy) is 1. The Kier molecular flexibility index (Phi) is 23.9. The van der Waals surface area contributed by atoms with Crippen LogP contribution in [0.2, 0.25) is 0 Å². The number of thioether (sulfide) groups is 1. The Labute approximate surface area is 517 Å². The second kappa shape index (κ2) is 31.0. The lowest BCUT2D eigenvalue weighted by Gasteiger charge is -2.31. The van der Waals surface area contributed by atoms with Crippen molar-refractivity contribution >= 4 is 118 Å². The quantitative estimate of drug-likeness (QED) is 0.0469. The predicted molar refractivity (Wildman–Crippen MR) is 320 cm³/mol. The molecule has 1 fully saturated rings. The van der Waals surface area contributed by atoms with Crippen LogP contribution in [0.1, 0.15) is 84.6 Å². The topological polar surface area (TPSA) is 407 Å². The van der Waals surface area contributed by atoms with Gasteiger partial charge in [0.05, 0.1) is 55.8 Å². The minimum absolute atomic E-state index is 0.0626. The van der Waals surface area contributed by atoms with Crippen LogP contribution in [0.15, 0.2) is 47.5 Å². The van der Waals surface area contributed by atoms with Crippen molar-refractivity contribution in [3.8, 4) is 0 Å². The Balaban J connectivity index is 1.24. The van der Waals surface area contributed by atoms with Gasteiger partial charge in [0.1, 0.15) is 12.1 Å². The maximum Gasteiger partial charge on any atom is 0.306 e. The molecule has 29 nitrogen and oxygen atoms in total. The van der Waals surface area contributed by atoms with Crippen molar-refractivity contribution in [2.24, 2.45) is 23.7 Å². The lowest BCUT2D eigenvalue weighted by Crippen LogP contribution is -2.55. The SMILES string of the molecule is CC[C@H](C)[C@@H]1NC(=O)[C@@H]2C[C@H](O)CN2C(=O)[C@H](CC(=O)OC)CC(=O)[C@@H]2CSc3[nH]c4ccc(NC(=O)CCNP(=O)(CCCN5C(=O)C=CC5=O)NCCN5C(=O)C=CC5=O)cc4c3C[C@H](CC1=O)C(=O)NCC(=O)N[C@@H]([C@@H](C)CC)C(=O)NCC(=O)N2. The summed E-state index contributed by atoms with van der Waals surface area (Å²) in [4.78, 5) is 197. The number of aliphatic hydroxyl groups is 1. The molecule has 1 aromatic heterocycles. The highest BCUT2D eigenvalue weighted by atomic mass is 32.2. The molecule has 1 saturated heterocycles. The number of nitrogens with one attached hydrogen (secondary N) is 9. The second-order valence-electron chi connectivity index (χ2n) is 22.7. The number of ketones is 2. The van der Waals surface area contributed by atoms with Crippen LogP contribution in [-0.2, 0) is 82.8 Å². The summed E-state index contributed by atoms with van der Waals surface area (Å²) >= 11 is 1.01. The number of H-pyrrole nitrogens is 1. The third kappa shape index (κ3) is 17.9. The van der Waals surface area contributed by atoms with Crippen LogP contribution in [0.5, 0.6) is 0 Å². The fourth-order valence-corrected chi connectivity index (χ4v) is 14.1. The van der Waals surface area contributed by atoms with E-state index in [0.29, 0.717) is 34.3 Å².